The summed E-state index contributed by atoms with van der Waals surface area (Å²) in [6.07, 6.45) is 13.2. The van der Waals surface area contributed by atoms with E-state index in [1.165, 1.54) is 11.1 Å². The summed E-state index contributed by atoms with van der Waals surface area (Å²) in [4.78, 5) is 0. The zero-order valence-electron chi connectivity index (χ0n) is 12.2. The Morgan fingerprint density at radius 3 is 2.33 bits per heavy atom. The average molecular weight is 236 g/mol. The molecule has 1 unspecified atom stereocenters. The molecule has 0 radical (unpaired) electrons. The van der Waals surface area contributed by atoms with E-state index >= 15 is 0 Å². The molecule has 0 aromatic carbocycles. The van der Waals surface area contributed by atoms with Crippen LogP contribution in [0.1, 0.15) is 20.8 Å². The quantitative estimate of drug-likeness (QED) is 0.510. The number of rotatable bonds is 2. The maximum absolute atomic E-state index is 3.66. The normalized spacial score (nSPS) is 28.2. The Morgan fingerprint density at radius 1 is 1.28 bits per heavy atom. The molecule has 2 heteroatoms. The summed E-state index contributed by atoms with van der Waals surface area (Å²) in [6.45, 7) is 10.2. The van der Waals surface area contributed by atoms with Crippen molar-refractivity contribution in [3.05, 3.63) is 65.9 Å². The van der Waals surface area contributed by atoms with Crippen molar-refractivity contribution in [2.45, 2.75) is 26.1 Å². The van der Waals surface area contributed by atoms with E-state index in [0.717, 1.165) is 0 Å². The number of allylic oxidation sites excluding steroid dienone is 8. The first-order valence-corrected chi connectivity index (χ1v) is 6.45. The van der Waals surface area contributed by atoms with E-state index in [4.69, 9.17) is 0 Å². The van der Waals surface area contributed by atoms with E-state index in [2.05, 4.69) is 85.1 Å². The van der Waals surface area contributed by atoms with Crippen molar-refractivity contribution in [2.75, 3.05) is 0 Å². The average Bonchev–Trinajstić information content (AvgIpc) is 2.38. The van der Waals surface area contributed by atoms with Crippen molar-refractivity contribution >= 4 is 15.7 Å². The van der Waals surface area contributed by atoms with Gasteiger partial charge in [-0.05, 0) is 22.5 Å². The predicted octanol–water partition coefficient (Wildman–Crippen LogP) is 2.73. The fourth-order valence-electron chi connectivity index (χ4n) is 1.96. The molecule has 0 aromatic heterocycles. The lowest BCUT2D eigenvalue weighted by Gasteiger charge is -2.16. The molecule has 18 heavy (non-hydrogen) atoms. The van der Waals surface area contributed by atoms with Crippen LogP contribution in [0.5, 0.6) is 0 Å². The van der Waals surface area contributed by atoms with Gasteiger partial charge < -0.3 is 0 Å². The van der Waals surface area contributed by atoms with Gasteiger partial charge in [0.1, 0.15) is 15.7 Å². The smallest absolute Gasteiger partial charge is 0.130 e. The summed E-state index contributed by atoms with van der Waals surface area (Å²) in [5.41, 5.74) is 5.38. The third kappa shape index (κ3) is 4.13. The van der Waals surface area contributed by atoms with Crippen LogP contribution >= 0.6 is 0 Å². The second-order valence-electron chi connectivity index (χ2n) is 6.00. The third-order valence-electron chi connectivity index (χ3n) is 3.03. The summed E-state index contributed by atoms with van der Waals surface area (Å²) < 4.78 is 0. The monoisotopic (exact) mass is 236 g/mol. The van der Waals surface area contributed by atoms with E-state index in [-0.39, 0.29) is 10.7 Å². The van der Waals surface area contributed by atoms with Crippen LogP contribution in [0.4, 0.5) is 0 Å². The minimum atomic E-state index is -0.0298. The van der Waals surface area contributed by atoms with Gasteiger partial charge in [-0.3, -0.25) is 0 Å². The minimum Gasteiger partial charge on any atom is -0.132 e. The summed E-state index contributed by atoms with van der Waals surface area (Å²) >= 11 is 0. The van der Waals surface area contributed by atoms with Crippen LogP contribution in [0.25, 0.3) is 0 Å². The van der Waals surface area contributed by atoms with Gasteiger partial charge in [0.2, 0.25) is 0 Å². The number of hydrogen-bond acceptors (Lipinski definition) is 0. The highest BCUT2D eigenvalue weighted by Gasteiger charge is 2.16. The van der Waals surface area contributed by atoms with E-state index in [1.54, 1.807) is 0 Å². The topological polar surface area (TPSA) is 0 Å². The second kappa shape index (κ2) is 5.50. The Hall–Kier alpha value is -1.39. The maximum atomic E-state index is 3.66. The molecule has 0 bridgehead atoms. The van der Waals surface area contributed by atoms with Crippen LogP contribution in [-0.4, -0.2) is 15.7 Å². The lowest BCUT2D eigenvalue weighted by atomic mass is 9.70. The van der Waals surface area contributed by atoms with Gasteiger partial charge in [-0.15, -0.1) is 11.7 Å². The highest BCUT2D eigenvalue weighted by Crippen LogP contribution is 2.33. The molecule has 1 aliphatic rings. The highest BCUT2D eigenvalue weighted by molar-refractivity contribution is 6.19. The number of hydrogen-bond donors (Lipinski definition) is 0. The van der Waals surface area contributed by atoms with Crippen LogP contribution in [0.15, 0.2) is 65.9 Å². The van der Waals surface area contributed by atoms with Crippen LogP contribution in [0.3, 0.4) is 0 Å². The molecule has 0 N–H and O–H groups in total. The summed E-state index contributed by atoms with van der Waals surface area (Å²) in [5, 5.41) is 0.113. The first-order valence-electron chi connectivity index (χ1n) is 6.45. The van der Waals surface area contributed by atoms with Crippen LogP contribution in [0.2, 0.25) is 5.31 Å². The fraction of sp³-hybridized carbons (Fsp3) is 0.312. The van der Waals surface area contributed by atoms with Gasteiger partial charge >= 0.3 is 0 Å². The van der Waals surface area contributed by atoms with Crippen molar-refractivity contribution in [3.8, 4) is 0 Å². The van der Waals surface area contributed by atoms with Gasteiger partial charge in [0.05, 0.1) is 0 Å². The molecular formula is C16H22B2. The van der Waals surface area contributed by atoms with E-state index in [9.17, 15) is 0 Å². The van der Waals surface area contributed by atoms with Crippen LogP contribution < -0.4 is 0 Å². The first kappa shape index (κ1) is 14.7. The second-order valence-corrected chi connectivity index (χ2v) is 6.00. The van der Waals surface area contributed by atoms with E-state index in [0.29, 0.717) is 0 Å². The largest absolute Gasteiger partial charge is 0.132 e. The van der Waals surface area contributed by atoms with Crippen molar-refractivity contribution in [1.29, 1.82) is 0 Å². The molecule has 0 amide bonds. The van der Waals surface area contributed by atoms with E-state index in [1.807, 2.05) is 6.08 Å². The summed E-state index contributed by atoms with van der Waals surface area (Å²) in [5.74, 6) is 2.15. The van der Waals surface area contributed by atoms with Gasteiger partial charge in [0.15, 0.2) is 0 Å². The molecule has 92 valence electrons. The van der Waals surface area contributed by atoms with Crippen molar-refractivity contribution < 1.29 is 0 Å². The minimum absolute atomic E-state index is 0.0298. The molecule has 1 atom stereocenters. The highest BCUT2D eigenvalue weighted by atomic mass is 14.2. The van der Waals surface area contributed by atoms with E-state index < -0.39 is 0 Å². The first-order chi connectivity index (χ1) is 8.29. The molecule has 0 saturated carbocycles. The molecule has 1 aliphatic carbocycles. The zero-order chi connectivity index (χ0) is 13.8. The zero-order valence-corrected chi connectivity index (χ0v) is 12.2. The Bertz CT molecular complexity index is 479. The van der Waals surface area contributed by atoms with Gasteiger partial charge in [0.25, 0.3) is 0 Å². The summed E-state index contributed by atoms with van der Waals surface area (Å²) in [6, 6.07) is 0. The Morgan fingerprint density at radius 2 is 1.83 bits per heavy atom. The lowest BCUT2D eigenvalue weighted by Crippen LogP contribution is -2.04. The van der Waals surface area contributed by atoms with Gasteiger partial charge in [-0.25, -0.2) is 0 Å². The fourth-order valence-corrected chi connectivity index (χ4v) is 1.96. The Kier molecular flexibility index (Phi) is 4.48. The van der Waals surface area contributed by atoms with Crippen molar-refractivity contribution in [3.63, 3.8) is 0 Å². The molecular weight excluding hydrogens is 214 g/mol. The molecule has 0 aliphatic heterocycles. The SMILES string of the molecule is B/C=C1\C=CC(B)(C)C=C\C1=C\C(C)(C)C=C=C. The molecule has 0 fully saturated rings. The molecule has 0 nitrogen and oxygen atoms in total. The molecule has 0 spiro atoms. The maximum Gasteiger partial charge on any atom is 0.130 e. The van der Waals surface area contributed by atoms with Gasteiger partial charge in [0, 0.05) is 5.41 Å². The van der Waals surface area contributed by atoms with Crippen molar-refractivity contribution in [1.82, 2.24) is 0 Å². The molecule has 1 rings (SSSR count). The van der Waals surface area contributed by atoms with Crippen LogP contribution in [0, 0.1) is 5.41 Å². The van der Waals surface area contributed by atoms with Crippen molar-refractivity contribution in [2.24, 2.45) is 5.41 Å². The summed E-state index contributed by atoms with van der Waals surface area (Å²) in [7, 11) is 4.29. The predicted molar refractivity (Wildman–Crippen MR) is 87.4 cm³/mol. The van der Waals surface area contributed by atoms with Crippen LogP contribution in [-0.2, 0) is 0 Å². The van der Waals surface area contributed by atoms with Gasteiger partial charge in [-0.2, -0.15) is 0 Å². The Labute approximate surface area is 113 Å². The molecule has 0 aromatic rings. The molecule has 0 saturated heterocycles. The molecule has 0 heterocycles. The van der Waals surface area contributed by atoms with Gasteiger partial charge in [-0.1, -0.05) is 57.7 Å². The third-order valence-corrected chi connectivity index (χ3v) is 3.03. The lowest BCUT2D eigenvalue weighted by molar-refractivity contribution is 0.624. The Balaban J connectivity index is 3.26. The standard InChI is InChI=1S/C16H22B2/c1-5-8-15(2,3)11-13-6-9-16(4,18)10-7-14(13)12-17/h6-12H,1,17-18H2,2-4H3/b13-11-,14-12+.